The lowest BCUT2D eigenvalue weighted by atomic mass is 9.93. The maximum Gasteiger partial charge on any atom is 0.115 e. The Morgan fingerprint density at radius 1 is 1.21 bits per heavy atom. The summed E-state index contributed by atoms with van der Waals surface area (Å²) in [4.78, 5) is 0. The summed E-state index contributed by atoms with van der Waals surface area (Å²) < 4.78 is 0. The molecule has 1 saturated carbocycles. The Bertz CT molecular complexity index is 448. The molecule has 0 aliphatic heterocycles. The molecule has 2 aliphatic rings. The van der Waals surface area contributed by atoms with Crippen molar-refractivity contribution < 1.29 is 5.11 Å². The third-order valence-electron chi connectivity index (χ3n) is 4.62. The number of rotatable bonds is 3. The van der Waals surface area contributed by atoms with Gasteiger partial charge in [-0.25, -0.2) is 0 Å². The van der Waals surface area contributed by atoms with Crippen LogP contribution in [0.25, 0.3) is 0 Å². The maximum absolute atomic E-state index is 9.56. The normalized spacial score (nSPS) is 30.3. The predicted octanol–water partition coefficient (Wildman–Crippen LogP) is 3.64. The second-order valence-electron chi connectivity index (χ2n) is 5.81. The molecule has 1 aromatic rings. The molecule has 3 atom stereocenters. The number of phenols is 1. The number of aryl methyl sites for hydroxylation is 1. The van der Waals surface area contributed by atoms with Crippen LogP contribution in [-0.2, 0) is 6.42 Å². The Kier molecular flexibility index (Phi) is 4.04. The maximum atomic E-state index is 9.56. The molecule has 1 fully saturated rings. The van der Waals surface area contributed by atoms with Gasteiger partial charge in [-0.1, -0.05) is 18.9 Å². The van der Waals surface area contributed by atoms with Crippen molar-refractivity contribution in [2.45, 2.75) is 55.9 Å². The number of benzene rings is 1. The van der Waals surface area contributed by atoms with Gasteiger partial charge in [0, 0.05) is 17.3 Å². The Morgan fingerprint density at radius 3 is 2.89 bits per heavy atom. The molecule has 2 aliphatic carbocycles. The van der Waals surface area contributed by atoms with Crippen LogP contribution in [0.4, 0.5) is 0 Å². The van der Waals surface area contributed by atoms with Gasteiger partial charge in [0.15, 0.2) is 0 Å². The van der Waals surface area contributed by atoms with Crippen molar-refractivity contribution in [2.24, 2.45) is 0 Å². The Morgan fingerprint density at radius 2 is 2.05 bits per heavy atom. The van der Waals surface area contributed by atoms with Gasteiger partial charge < -0.3 is 10.4 Å². The minimum Gasteiger partial charge on any atom is -0.508 e. The van der Waals surface area contributed by atoms with E-state index in [1.807, 2.05) is 23.9 Å². The second-order valence-corrected chi connectivity index (χ2v) is 6.88. The summed E-state index contributed by atoms with van der Waals surface area (Å²) in [5.41, 5.74) is 2.73. The van der Waals surface area contributed by atoms with Gasteiger partial charge in [-0.2, -0.15) is 11.8 Å². The summed E-state index contributed by atoms with van der Waals surface area (Å²) in [6, 6.07) is 7.02. The van der Waals surface area contributed by atoms with Crippen LogP contribution in [0.1, 0.15) is 49.3 Å². The molecular weight excluding hydrogens is 254 g/mol. The van der Waals surface area contributed by atoms with Crippen molar-refractivity contribution in [3.8, 4) is 5.75 Å². The highest BCUT2D eigenvalue weighted by atomic mass is 32.2. The third kappa shape index (κ3) is 2.77. The highest BCUT2D eigenvalue weighted by Gasteiger charge is 2.29. The Balaban J connectivity index is 1.71. The molecule has 3 unspecified atom stereocenters. The van der Waals surface area contributed by atoms with Crippen LogP contribution >= 0.6 is 11.8 Å². The lowest BCUT2D eigenvalue weighted by Crippen LogP contribution is -2.41. The van der Waals surface area contributed by atoms with E-state index in [9.17, 15) is 5.11 Å². The molecule has 0 spiro atoms. The Hall–Kier alpha value is -0.670. The van der Waals surface area contributed by atoms with E-state index in [1.54, 1.807) is 0 Å². The Labute approximate surface area is 120 Å². The summed E-state index contributed by atoms with van der Waals surface area (Å²) in [5.74, 6) is 0.402. The van der Waals surface area contributed by atoms with Crippen LogP contribution in [0.2, 0.25) is 0 Å². The molecule has 0 heterocycles. The van der Waals surface area contributed by atoms with Gasteiger partial charge in [0.1, 0.15) is 5.75 Å². The van der Waals surface area contributed by atoms with Crippen LogP contribution < -0.4 is 5.32 Å². The fourth-order valence-electron chi connectivity index (χ4n) is 3.61. The molecule has 0 amide bonds. The topological polar surface area (TPSA) is 32.3 Å². The largest absolute Gasteiger partial charge is 0.508 e. The van der Waals surface area contributed by atoms with Gasteiger partial charge in [-0.05, 0) is 55.2 Å². The van der Waals surface area contributed by atoms with Crippen molar-refractivity contribution in [1.29, 1.82) is 0 Å². The van der Waals surface area contributed by atoms with E-state index in [4.69, 9.17) is 0 Å². The van der Waals surface area contributed by atoms with Crippen LogP contribution in [0.5, 0.6) is 5.75 Å². The quantitative estimate of drug-likeness (QED) is 0.884. The van der Waals surface area contributed by atoms with E-state index >= 15 is 0 Å². The lowest BCUT2D eigenvalue weighted by molar-refractivity contribution is 0.346. The van der Waals surface area contributed by atoms with Gasteiger partial charge in [0.05, 0.1) is 0 Å². The average molecular weight is 277 g/mol. The fourth-order valence-corrected chi connectivity index (χ4v) is 4.55. The summed E-state index contributed by atoms with van der Waals surface area (Å²) in [7, 11) is 0. The van der Waals surface area contributed by atoms with Crippen LogP contribution in [0, 0.1) is 0 Å². The molecule has 0 saturated heterocycles. The van der Waals surface area contributed by atoms with Crippen molar-refractivity contribution >= 4 is 11.8 Å². The molecule has 104 valence electrons. The predicted molar refractivity (Wildman–Crippen MR) is 81.9 cm³/mol. The van der Waals surface area contributed by atoms with Gasteiger partial charge in [0.25, 0.3) is 0 Å². The number of phenolic OH excluding ortho intramolecular Hbond substituents is 1. The lowest BCUT2D eigenvalue weighted by Gasteiger charge is -2.33. The number of fused-ring (bicyclic) bond motifs is 1. The zero-order chi connectivity index (χ0) is 13.2. The molecule has 2 N–H and O–H groups in total. The average Bonchev–Trinajstić information content (AvgIpc) is 2.82. The molecule has 0 bridgehead atoms. The van der Waals surface area contributed by atoms with Crippen molar-refractivity contribution in [3.63, 3.8) is 0 Å². The number of nitrogens with one attached hydrogen (secondary N) is 1. The van der Waals surface area contributed by atoms with Gasteiger partial charge in [-0.3, -0.25) is 0 Å². The first-order chi connectivity index (χ1) is 9.28. The minimum atomic E-state index is 0.402. The standard InChI is InChI=1S/C16H23NOS/c1-19-16-5-3-2-4-15(16)17-14-9-6-11-10-12(18)7-8-13(11)14/h7-8,10,14-18H,2-6,9H2,1H3. The zero-order valence-electron chi connectivity index (χ0n) is 11.6. The zero-order valence-corrected chi connectivity index (χ0v) is 12.4. The number of hydrogen-bond acceptors (Lipinski definition) is 3. The fraction of sp³-hybridized carbons (Fsp3) is 0.625. The van der Waals surface area contributed by atoms with Crippen molar-refractivity contribution in [3.05, 3.63) is 29.3 Å². The van der Waals surface area contributed by atoms with Gasteiger partial charge in [-0.15, -0.1) is 0 Å². The number of thioether (sulfide) groups is 1. The SMILES string of the molecule is CSC1CCCCC1NC1CCc2cc(O)ccc21. The molecule has 3 rings (SSSR count). The van der Waals surface area contributed by atoms with E-state index in [0.717, 1.165) is 11.7 Å². The van der Waals surface area contributed by atoms with E-state index in [-0.39, 0.29) is 0 Å². The number of aromatic hydroxyl groups is 1. The molecular formula is C16H23NOS. The van der Waals surface area contributed by atoms with E-state index < -0.39 is 0 Å². The molecule has 0 radical (unpaired) electrons. The van der Waals surface area contributed by atoms with E-state index in [1.165, 1.54) is 43.2 Å². The summed E-state index contributed by atoms with van der Waals surface area (Å²) in [6.45, 7) is 0. The summed E-state index contributed by atoms with van der Waals surface area (Å²) >= 11 is 2.02. The van der Waals surface area contributed by atoms with Gasteiger partial charge in [0.2, 0.25) is 0 Å². The smallest absolute Gasteiger partial charge is 0.115 e. The molecule has 2 nitrogen and oxygen atoms in total. The number of hydrogen-bond donors (Lipinski definition) is 2. The first kappa shape index (κ1) is 13.3. The first-order valence-electron chi connectivity index (χ1n) is 7.38. The van der Waals surface area contributed by atoms with Crippen LogP contribution in [0.3, 0.4) is 0 Å². The molecule has 0 aromatic heterocycles. The monoisotopic (exact) mass is 277 g/mol. The molecule has 19 heavy (non-hydrogen) atoms. The second kappa shape index (κ2) is 5.76. The van der Waals surface area contributed by atoms with E-state index in [2.05, 4.69) is 17.6 Å². The molecule has 3 heteroatoms. The van der Waals surface area contributed by atoms with Crippen LogP contribution in [0.15, 0.2) is 18.2 Å². The van der Waals surface area contributed by atoms with Crippen molar-refractivity contribution in [2.75, 3.05) is 6.26 Å². The van der Waals surface area contributed by atoms with E-state index in [0.29, 0.717) is 17.8 Å². The van der Waals surface area contributed by atoms with Crippen molar-refractivity contribution in [1.82, 2.24) is 5.32 Å². The van der Waals surface area contributed by atoms with Crippen LogP contribution in [-0.4, -0.2) is 22.7 Å². The summed E-state index contributed by atoms with van der Waals surface area (Å²) in [5, 5.41) is 14.2. The highest BCUT2D eigenvalue weighted by molar-refractivity contribution is 7.99. The first-order valence-corrected chi connectivity index (χ1v) is 8.67. The molecule has 1 aromatic carbocycles. The highest BCUT2D eigenvalue weighted by Crippen LogP contribution is 2.36. The third-order valence-corrected chi connectivity index (χ3v) is 5.79. The summed E-state index contributed by atoms with van der Waals surface area (Å²) in [6.07, 6.45) is 9.94. The minimum absolute atomic E-state index is 0.402. The van der Waals surface area contributed by atoms with Gasteiger partial charge >= 0.3 is 0 Å².